The highest BCUT2D eigenvalue weighted by Crippen LogP contribution is 2.23. The van der Waals surface area contributed by atoms with E-state index in [0.717, 1.165) is 10.0 Å². The Morgan fingerprint density at radius 3 is 2.55 bits per heavy atom. The zero-order valence-corrected chi connectivity index (χ0v) is 12.9. The number of nitrogens with two attached hydrogens (primary N) is 1. The Bertz CT molecular complexity index is 618. The van der Waals surface area contributed by atoms with E-state index < -0.39 is 12.0 Å². The number of halogens is 2. The van der Waals surface area contributed by atoms with Gasteiger partial charge >= 0.3 is 5.97 Å². The molecule has 0 aliphatic heterocycles. The molecule has 2 N–H and O–H groups in total. The maximum atomic E-state index is 12.0. The Kier molecular flexibility index (Phi) is 5.17. The molecule has 20 heavy (non-hydrogen) atoms. The van der Waals surface area contributed by atoms with Gasteiger partial charge in [-0.1, -0.05) is 63.9 Å². The van der Waals surface area contributed by atoms with Gasteiger partial charge in [0.25, 0.3) is 0 Å². The van der Waals surface area contributed by atoms with E-state index in [9.17, 15) is 4.79 Å². The Balaban J connectivity index is 2.02. The average molecular weight is 355 g/mol. The molecule has 5 heteroatoms. The highest BCUT2D eigenvalue weighted by atomic mass is 79.9. The third kappa shape index (κ3) is 3.60. The minimum atomic E-state index is -0.883. The number of rotatable bonds is 4. The lowest BCUT2D eigenvalue weighted by molar-refractivity contribution is -0.146. The van der Waals surface area contributed by atoms with Crippen molar-refractivity contribution in [1.29, 1.82) is 0 Å². The third-order valence-corrected chi connectivity index (χ3v) is 3.94. The van der Waals surface area contributed by atoms with Gasteiger partial charge in [-0.3, -0.25) is 0 Å². The van der Waals surface area contributed by atoms with Crippen LogP contribution in [0.5, 0.6) is 0 Å². The second-order valence-corrected chi connectivity index (χ2v) is 5.46. The minimum Gasteiger partial charge on any atom is -0.459 e. The number of ether oxygens (including phenoxy) is 1. The normalized spacial score (nSPS) is 11.9. The maximum absolute atomic E-state index is 12.0. The molecule has 0 saturated heterocycles. The van der Waals surface area contributed by atoms with Gasteiger partial charge in [-0.2, -0.15) is 0 Å². The first kappa shape index (κ1) is 15.0. The van der Waals surface area contributed by atoms with Crippen molar-refractivity contribution in [3.05, 3.63) is 69.2 Å². The predicted octanol–water partition coefficient (Wildman–Crippen LogP) is 3.85. The van der Waals surface area contributed by atoms with E-state index >= 15 is 0 Å². The molecule has 0 heterocycles. The molecule has 0 unspecified atom stereocenters. The molecule has 2 aromatic carbocycles. The van der Waals surface area contributed by atoms with Gasteiger partial charge in [0.05, 0.1) is 0 Å². The van der Waals surface area contributed by atoms with Crippen LogP contribution in [0.4, 0.5) is 0 Å². The summed E-state index contributed by atoms with van der Waals surface area (Å²) in [6.07, 6.45) is 0. The van der Waals surface area contributed by atoms with Crippen LogP contribution in [-0.2, 0) is 16.1 Å². The van der Waals surface area contributed by atoms with Crippen LogP contribution in [0.1, 0.15) is 17.2 Å². The van der Waals surface area contributed by atoms with Crippen LogP contribution in [0, 0.1) is 0 Å². The van der Waals surface area contributed by atoms with Crippen LogP contribution < -0.4 is 5.73 Å². The molecule has 0 spiro atoms. The lowest BCUT2D eigenvalue weighted by atomic mass is 10.1. The topological polar surface area (TPSA) is 52.3 Å². The summed E-state index contributed by atoms with van der Waals surface area (Å²) in [6.45, 7) is 0.165. The lowest BCUT2D eigenvalue weighted by Gasteiger charge is -2.13. The Labute approximate surface area is 130 Å². The molecule has 0 amide bonds. The van der Waals surface area contributed by atoms with Gasteiger partial charge in [0.15, 0.2) is 0 Å². The van der Waals surface area contributed by atoms with Gasteiger partial charge in [0.1, 0.15) is 12.6 Å². The fourth-order valence-electron chi connectivity index (χ4n) is 1.71. The number of esters is 1. The van der Waals surface area contributed by atoms with E-state index in [1.165, 1.54) is 0 Å². The second kappa shape index (κ2) is 6.88. The fourth-order valence-corrected chi connectivity index (χ4v) is 2.36. The summed E-state index contributed by atoms with van der Waals surface area (Å²) < 4.78 is 6.12. The average Bonchev–Trinajstić information content (AvgIpc) is 2.46. The molecule has 2 rings (SSSR count). The molecule has 1 atom stereocenters. The smallest absolute Gasteiger partial charge is 0.327 e. The molecule has 2 aromatic rings. The molecule has 0 fully saturated rings. The van der Waals surface area contributed by atoms with Crippen molar-refractivity contribution in [2.24, 2.45) is 5.73 Å². The fraction of sp³-hybridized carbons (Fsp3) is 0.133. The van der Waals surface area contributed by atoms with Crippen LogP contribution >= 0.6 is 27.5 Å². The molecule has 104 valence electrons. The van der Waals surface area contributed by atoms with Crippen molar-refractivity contribution in [2.45, 2.75) is 12.6 Å². The highest BCUT2D eigenvalue weighted by molar-refractivity contribution is 9.10. The number of carbonyl (C=O) groups is 1. The zero-order valence-electron chi connectivity index (χ0n) is 10.6. The maximum Gasteiger partial charge on any atom is 0.327 e. The van der Waals surface area contributed by atoms with E-state index in [0.29, 0.717) is 10.6 Å². The Morgan fingerprint density at radius 2 is 1.85 bits per heavy atom. The molecule has 0 aliphatic carbocycles. The standard InChI is InChI=1S/C15H13BrClNO2/c16-12-7-3-1-5-10(12)9-20-15(19)14(18)11-6-2-4-8-13(11)17/h1-8,14H,9,18H2/t14-/m1/s1. The molecular formula is C15H13BrClNO2. The Hall–Kier alpha value is -1.36. The zero-order chi connectivity index (χ0) is 14.5. The van der Waals surface area contributed by atoms with Crippen molar-refractivity contribution < 1.29 is 9.53 Å². The summed E-state index contributed by atoms with van der Waals surface area (Å²) in [4.78, 5) is 12.0. The van der Waals surface area contributed by atoms with Crippen molar-refractivity contribution >= 4 is 33.5 Å². The first-order valence-electron chi connectivity index (χ1n) is 5.99. The minimum absolute atomic E-state index is 0.165. The van der Waals surface area contributed by atoms with Crippen molar-refractivity contribution in [3.8, 4) is 0 Å². The number of hydrogen-bond acceptors (Lipinski definition) is 3. The molecule has 0 saturated carbocycles. The van der Waals surface area contributed by atoms with Crippen LogP contribution in [0.15, 0.2) is 53.0 Å². The summed E-state index contributed by atoms with van der Waals surface area (Å²) in [7, 11) is 0. The van der Waals surface area contributed by atoms with Gasteiger partial charge in [0.2, 0.25) is 0 Å². The summed E-state index contributed by atoms with van der Waals surface area (Å²) in [5, 5.41) is 0.456. The Morgan fingerprint density at radius 1 is 1.20 bits per heavy atom. The largest absolute Gasteiger partial charge is 0.459 e. The lowest BCUT2D eigenvalue weighted by Crippen LogP contribution is -2.24. The monoisotopic (exact) mass is 353 g/mol. The number of hydrogen-bond donors (Lipinski definition) is 1. The van der Waals surface area contributed by atoms with E-state index in [1.54, 1.807) is 24.3 Å². The number of carbonyl (C=O) groups excluding carboxylic acids is 1. The summed E-state index contributed by atoms with van der Waals surface area (Å²) in [6, 6.07) is 13.6. The van der Waals surface area contributed by atoms with Gasteiger partial charge in [-0.15, -0.1) is 0 Å². The van der Waals surface area contributed by atoms with Crippen LogP contribution in [-0.4, -0.2) is 5.97 Å². The van der Waals surface area contributed by atoms with Gasteiger partial charge in [0, 0.05) is 15.1 Å². The van der Waals surface area contributed by atoms with E-state index in [-0.39, 0.29) is 6.61 Å². The predicted molar refractivity (Wildman–Crippen MR) is 82.3 cm³/mol. The third-order valence-electron chi connectivity index (χ3n) is 2.82. The first-order chi connectivity index (χ1) is 9.59. The second-order valence-electron chi connectivity index (χ2n) is 4.20. The van der Waals surface area contributed by atoms with Crippen LogP contribution in [0.3, 0.4) is 0 Å². The molecular weight excluding hydrogens is 342 g/mol. The van der Waals surface area contributed by atoms with E-state index in [1.807, 2.05) is 24.3 Å². The van der Waals surface area contributed by atoms with E-state index in [4.69, 9.17) is 22.1 Å². The summed E-state index contributed by atoms with van der Waals surface area (Å²) in [5.74, 6) is -0.506. The van der Waals surface area contributed by atoms with Crippen LogP contribution in [0.2, 0.25) is 5.02 Å². The quantitative estimate of drug-likeness (QED) is 0.849. The van der Waals surface area contributed by atoms with E-state index in [2.05, 4.69) is 15.9 Å². The first-order valence-corrected chi connectivity index (χ1v) is 7.16. The van der Waals surface area contributed by atoms with Crippen molar-refractivity contribution in [2.75, 3.05) is 0 Å². The van der Waals surface area contributed by atoms with Gasteiger partial charge in [-0.25, -0.2) is 4.79 Å². The van der Waals surface area contributed by atoms with Gasteiger partial charge < -0.3 is 10.5 Å². The molecule has 0 aliphatic rings. The summed E-state index contributed by atoms with van der Waals surface area (Å²) in [5.41, 5.74) is 7.31. The molecule has 0 radical (unpaired) electrons. The summed E-state index contributed by atoms with van der Waals surface area (Å²) >= 11 is 9.41. The molecule has 0 aromatic heterocycles. The van der Waals surface area contributed by atoms with Crippen molar-refractivity contribution in [3.63, 3.8) is 0 Å². The highest BCUT2D eigenvalue weighted by Gasteiger charge is 2.19. The molecule has 3 nitrogen and oxygen atoms in total. The SMILES string of the molecule is N[C@@H](C(=O)OCc1ccccc1Br)c1ccccc1Cl. The molecule has 0 bridgehead atoms. The number of benzene rings is 2. The van der Waals surface area contributed by atoms with Gasteiger partial charge in [-0.05, 0) is 17.7 Å². The van der Waals surface area contributed by atoms with Crippen LogP contribution in [0.25, 0.3) is 0 Å². The van der Waals surface area contributed by atoms with Crippen molar-refractivity contribution in [1.82, 2.24) is 0 Å².